The smallest absolute Gasteiger partial charge is 0.256 e. The van der Waals surface area contributed by atoms with Crippen LogP contribution in [0.1, 0.15) is 5.56 Å². The van der Waals surface area contributed by atoms with Gasteiger partial charge in [0.25, 0.3) is 6.43 Å². The molecular formula is C16H11BrF5N3. The molecule has 0 atom stereocenters. The Morgan fingerprint density at radius 1 is 1.16 bits per heavy atom. The van der Waals surface area contributed by atoms with E-state index >= 15 is 0 Å². The van der Waals surface area contributed by atoms with Gasteiger partial charge in [-0.15, -0.1) is 0 Å². The molecule has 132 valence electrons. The Balaban J connectivity index is 2.15. The van der Waals surface area contributed by atoms with Crippen molar-refractivity contribution in [3.05, 3.63) is 57.8 Å². The highest BCUT2D eigenvalue weighted by atomic mass is 79.9. The maximum absolute atomic E-state index is 14.3. The number of nitrogens with one attached hydrogen (secondary N) is 1. The van der Waals surface area contributed by atoms with E-state index in [-0.39, 0.29) is 29.4 Å². The van der Waals surface area contributed by atoms with Gasteiger partial charge in [-0.25, -0.2) is 26.9 Å². The lowest BCUT2D eigenvalue weighted by molar-refractivity contribution is 0.158. The number of alkyl halides is 2. The zero-order chi connectivity index (χ0) is 18.1. The second-order valence-electron chi connectivity index (χ2n) is 5.23. The van der Waals surface area contributed by atoms with Crippen LogP contribution < -0.4 is 10.2 Å². The Kier molecular flexibility index (Phi) is 4.94. The van der Waals surface area contributed by atoms with Crippen LogP contribution in [-0.4, -0.2) is 25.5 Å². The Bertz CT molecular complexity index is 821. The molecule has 0 saturated heterocycles. The summed E-state index contributed by atoms with van der Waals surface area (Å²) in [6.07, 6.45) is -2.81. The molecule has 2 aromatic rings. The van der Waals surface area contributed by atoms with Gasteiger partial charge in [0.15, 0.2) is 11.6 Å². The number of hydrogen-bond acceptors (Lipinski definition) is 3. The van der Waals surface area contributed by atoms with Crippen LogP contribution in [0.15, 0.2) is 39.8 Å². The van der Waals surface area contributed by atoms with E-state index in [2.05, 4.69) is 26.2 Å². The quantitative estimate of drug-likeness (QED) is 0.725. The SMILES string of the molecule is Fc1cc(Br)cc(N(CC(F)F)C2=NCNc3ccc(F)c(F)c32)c1. The van der Waals surface area contributed by atoms with Gasteiger partial charge in [0, 0.05) is 15.8 Å². The number of benzene rings is 2. The van der Waals surface area contributed by atoms with Gasteiger partial charge >= 0.3 is 0 Å². The molecule has 0 bridgehead atoms. The molecule has 0 saturated carbocycles. The number of nitrogens with zero attached hydrogens (tertiary/aromatic N) is 2. The minimum atomic E-state index is -2.81. The van der Waals surface area contributed by atoms with Crippen molar-refractivity contribution >= 4 is 33.1 Å². The van der Waals surface area contributed by atoms with Gasteiger partial charge in [-0.2, -0.15) is 0 Å². The van der Waals surface area contributed by atoms with Crippen LogP contribution in [0, 0.1) is 17.5 Å². The van der Waals surface area contributed by atoms with Crippen molar-refractivity contribution in [1.82, 2.24) is 0 Å². The number of hydrogen-bond donors (Lipinski definition) is 1. The number of fused-ring (bicyclic) bond motifs is 1. The number of aliphatic imine (C=N–C) groups is 1. The van der Waals surface area contributed by atoms with E-state index in [4.69, 9.17) is 0 Å². The zero-order valence-electron chi connectivity index (χ0n) is 12.5. The molecule has 1 aliphatic heterocycles. The summed E-state index contributed by atoms with van der Waals surface area (Å²) in [6.45, 7) is -0.867. The highest BCUT2D eigenvalue weighted by molar-refractivity contribution is 9.10. The van der Waals surface area contributed by atoms with Crippen molar-refractivity contribution in [3.63, 3.8) is 0 Å². The molecule has 2 aromatic carbocycles. The number of amidine groups is 1. The van der Waals surface area contributed by atoms with E-state index < -0.39 is 30.4 Å². The summed E-state index contributed by atoms with van der Waals surface area (Å²) in [4.78, 5) is 4.99. The second kappa shape index (κ2) is 6.99. The Labute approximate surface area is 148 Å². The predicted octanol–water partition coefficient (Wildman–Crippen LogP) is 4.77. The number of anilines is 2. The first-order valence-corrected chi connectivity index (χ1v) is 7.94. The molecule has 1 heterocycles. The molecule has 0 amide bonds. The maximum atomic E-state index is 14.3. The molecule has 0 aromatic heterocycles. The molecule has 9 heteroatoms. The van der Waals surface area contributed by atoms with Gasteiger partial charge in [-0.3, -0.25) is 0 Å². The minimum absolute atomic E-state index is 0.0103. The van der Waals surface area contributed by atoms with Gasteiger partial charge in [-0.1, -0.05) is 15.9 Å². The topological polar surface area (TPSA) is 27.6 Å². The largest absolute Gasteiger partial charge is 0.366 e. The van der Waals surface area contributed by atoms with E-state index in [9.17, 15) is 22.0 Å². The van der Waals surface area contributed by atoms with Crippen LogP contribution >= 0.6 is 15.9 Å². The van der Waals surface area contributed by atoms with Crippen molar-refractivity contribution in [3.8, 4) is 0 Å². The van der Waals surface area contributed by atoms with Gasteiger partial charge in [0.05, 0.1) is 12.1 Å². The third kappa shape index (κ3) is 3.60. The molecule has 1 aliphatic rings. The summed E-state index contributed by atoms with van der Waals surface area (Å²) >= 11 is 3.09. The maximum Gasteiger partial charge on any atom is 0.256 e. The number of halogens is 6. The van der Waals surface area contributed by atoms with E-state index in [1.165, 1.54) is 12.1 Å². The normalized spacial score (nSPS) is 13.3. The van der Waals surface area contributed by atoms with Crippen molar-refractivity contribution in [2.75, 3.05) is 23.4 Å². The highest BCUT2D eigenvalue weighted by Crippen LogP contribution is 2.30. The first-order valence-electron chi connectivity index (χ1n) is 7.15. The van der Waals surface area contributed by atoms with Crippen LogP contribution in [0.25, 0.3) is 0 Å². The molecule has 3 nitrogen and oxygen atoms in total. The Hall–Kier alpha value is -2.16. The van der Waals surface area contributed by atoms with Gasteiger partial charge < -0.3 is 10.2 Å². The lowest BCUT2D eigenvalue weighted by Gasteiger charge is -2.30. The van der Waals surface area contributed by atoms with Crippen LogP contribution in [-0.2, 0) is 0 Å². The van der Waals surface area contributed by atoms with Gasteiger partial charge in [0.2, 0.25) is 0 Å². The molecule has 3 rings (SSSR count). The van der Waals surface area contributed by atoms with Crippen LogP contribution in [0.2, 0.25) is 0 Å². The standard InChI is InChI=1S/C16H11BrF5N3/c17-8-3-9(18)5-10(4-8)25(6-13(20)21)16-14-12(23-7-24-16)2-1-11(19)15(14)22/h1-5,13,23H,6-7H2. The third-order valence-electron chi connectivity index (χ3n) is 3.55. The zero-order valence-corrected chi connectivity index (χ0v) is 14.1. The Morgan fingerprint density at radius 3 is 2.60 bits per heavy atom. The van der Waals surface area contributed by atoms with Crippen molar-refractivity contribution < 1.29 is 22.0 Å². The summed E-state index contributed by atoms with van der Waals surface area (Å²) in [5.74, 6) is -3.20. The van der Waals surface area contributed by atoms with Crippen LogP contribution in [0.3, 0.4) is 0 Å². The molecule has 0 fully saturated rings. The average Bonchev–Trinajstić information content (AvgIpc) is 2.54. The fourth-order valence-electron chi connectivity index (χ4n) is 2.56. The molecular weight excluding hydrogens is 409 g/mol. The fourth-order valence-corrected chi connectivity index (χ4v) is 3.02. The van der Waals surface area contributed by atoms with E-state index in [1.54, 1.807) is 0 Å². The summed E-state index contributed by atoms with van der Waals surface area (Å²) in [5.41, 5.74) is -0.00615. The van der Waals surface area contributed by atoms with E-state index in [0.29, 0.717) is 4.47 Å². The third-order valence-corrected chi connectivity index (χ3v) is 4.01. The monoisotopic (exact) mass is 419 g/mol. The first-order chi connectivity index (χ1) is 11.9. The average molecular weight is 420 g/mol. The Morgan fingerprint density at radius 2 is 1.92 bits per heavy atom. The van der Waals surface area contributed by atoms with Gasteiger partial charge in [-0.05, 0) is 30.3 Å². The molecule has 25 heavy (non-hydrogen) atoms. The summed E-state index contributed by atoms with van der Waals surface area (Å²) in [7, 11) is 0. The molecule has 0 radical (unpaired) electrons. The summed E-state index contributed by atoms with van der Waals surface area (Å²) in [5, 5.41) is 2.75. The van der Waals surface area contributed by atoms with Crippen molar-refractivity contribution in [1.29, 1.82) is 0 Å². The van der Waals surface area contributed by atoms with Crippen LogP contribution in [0.5, 0.6) is 0 Å². The number of rotatable bonds is 3. The first kappa shape index (κ1) is 17.7. The van der Waals surface area contributed by atoms with Crippen molar-refractivity contribution in [2.45, 2.75) is 6.43 Å². The highest BCUT2D eigenvalue weighted by Gasteiger charge is 2.28. The summed E-state index contributed by atoms with van der Waals surface area (Å²) in [6, 6.07) is 5.80. The second-order valence-corrected chi connectivity index (χ2v) is 6.15. The fraction of sp³-hybridized carbons (Fsp3) is 0.188. The molecule has 0 spiro atoms. The summed E-state index contributed by atoms with van der Waals surface area (Å²) < 4.78 is 68.2. The van der Waals surface area contributed by atoms with Gasteiger partial charge in [0.1, 0.15) is 18.3 Å². The predicted molar refractivity (Wildman–Crippen MR) is 88.8 cm³/mol. The molecule has 1 N–H and O–H groups in total. The molecule has 0 aliphatic carbocycles. The molecule has 0 unspecified atom stereocenters. The van der Waals surface area contributed by atoms with Crippen LogP contribution in [0.4, 0.5) is 33.3 Å². The van der Waals surface area contributed by atoms with Crippen molar-refractivity contribution in [2.24, 2.45) is 4.99 Å². The van der Waals surface area contributed by atoms with E-state index in [0.717, 1.165) is 23.1 Å². The lowest BCUT2D eigenvalue weighted by atomic mass is 10.1. The van der Waals surface area contributed by atoms with E-state index in [1.807, 2.05) is 0 Å². The lowest BCUT2D eigenvalue weighted by Crippen LogP contribution is -2.39. The minimum Gasteiger partial charge on any atom is -0.366 e.